The first-order chi connectivity index (χ1) is 21.0. The zero-order valence-electron chi connectivity index (χ0n) is 24.6. The first-order valence-electron chi connectivity index (χ1n) is 14.8. The number of hydrogen-bond donors (Lipinski definition) is 3. The van der Waals surface area contributed by atoms with E-state index in [0.717, 1.165) is 61.7 Å². The van der Waals surface area contributed by atoms with E-state index in [1.54, 1.807) is 17.4 Å². The quantitative estimate of drug-likeness (QED) is 0.199. The number of thiophene rings is 1. The van der Waals surface area contributed by atoms with Crippen molar-refractivity contribution in [2.24, 2.45) is 0 Å². The molecule has 4 aromatic rings. The van der Waals surface area contributed by atoms with Crippen LogP contribution in [-0.2, 0) is 11.3 Å². The highest BCUT2D eigenvalue weighted by Crippen LogP contribution is 2.39. The van der Waals surface area contributed by atoms with Crippen molar-refractivity contribution < 1.29 is 9.59 Å². The highest BCUT2D eigenvalue weighted by molar-refractivity contribution is 7.08. The third-order valence-electron chi connectivity index (χ3n) is 8.20. The molecule has 3 heterocycles. The minimum atomic E-state index is -0.189. The Morgan fingerprint density at radius 2 is 1.77 bits per heavy atom. The number of carbonyl (C=O) groups excluding carboxylic acids is 2. The zero-order chi connectivity index (χ0) is 29.8. The molecule has 8 heteroatoms. The third kappa shape index (κ3) is 6.57. The number of benzene rings is 3. The van der Waals surface area contributed by atoms with Crippen molar-refractivity contribution in [3.63, 3.8) is 0 Å². The molecule has 0 bridgehead atoms. The van der Waals surface area contributed by atoms with Crippen LogP contribution in [0.1, 0.15) is 52.0 Å². The summed E-state index contributed by atoms with van der Waals surface area (Å²) in [5, 5.41) is 13.8. The number of rotatable bonds is 9. The van der Waals surface area contributed by atoms with Crippen LogP contribution in [0.3, 0.4) is 0 Å². The lowest BCUT2D eigenvalue weighted by atomic mass is 9.98. The Balaban J connectivity index is 1.30. The van der Waals surface area contributed by atoms with Crippen molar-refractivity contribution in [1.29, 1.82) is 0 Å². The van der Waals surface area contributed by atoms with Crippen LogP contribution in [0.15, 0.2) is 89.6 Å². The number of anilines is 2. The van der Waals surface area contributed by atoms with Crippen molar-refractivity contribution in [1.82, 2.24) is 15.1 Å². The van der Waals surface area contributed by atoms with Gasteiger partial charge in [-0.05, 0) is 66.4 Å². The molecule has 2 amide bonds. The fraction of sp³-hybridized carbons (Fsp3) is 0.257. The average molecular weight is 592 g/mol. The molecule has 3 N–H and O–H groups in total. The van der Waals surface area contributed by atoms with E-state index in [4.69, 9.17) is 0 Å². The van der Waals surface area contributed by atoms with Crippen LogP contribution < -0.4 is 16.0 Å². The Morgan fingerprint density at radius 1 is 0.953 bits per heavy atom. The van der Waals surface area contributed by atoms with E-state index in [-0.39, 0.29) is 17.9 Å². The lowest BCUT2D eigenvalue weighted by Crippen LogP contribution is -2.43. The van der Waals surface area contributed by atoms with Crippen LogP contribution in [0.25, 0.3) is 11.3 Å². The van der Waals surface area contributed by atoms with Crippen LogP contribution in [0.4, 0.5) is 11.4 Å². The van der Waals surface area contributed by atoms with Gasteiger partial charge in [-0.1, -0.05) is 49.4 Å². The van der Waals surface area contributed by atoms with E-state index < -0.39 is 0 Å². The summed E-state index contributed by atoms with van der Waals surface area (Å²) in [6.07, 6.45) is 0.770. The maximum atomic E-state index is 13.5. The van der Waals surface area contributed by atoms with Gasteiger partial charge in [-0.2, -0.15) is 11.3 Å². The predicted molar refractivity (Wildman–Crippen MR) is 176 cm³/mol. The fourth-order valence-electron chi connectivity index (χ4n) is 5.75. The van der Waals surface area contributed by atoms with Crippen LogP contribution in [-0.4, -0.2) is 54.8 Å². The molecule has 1 atom stereocenters. The lowest BCUT2D eigenvalue weighted by molar-refractivity contribution is -0.110. The van der Waals surface area contributed by atoms with Crippen LogP contribution in [0.2, 0.25) is 0 Å². The molecular formula is C35H37N5O2S. The Labute approximate surface area is 257 Å². The molecule has 0 spiro atoms. The molecule has 1 fully saturated rings. The minimum absolute atomic E-state index is 0.0992. The van der Waals surface area contributed by atoms with Crippen molar-refractivity contribution in [2.75, 3.05) is 43.9 Å². The molecule has 0 unspecified atom stereocenters. The Bertz CT molecular complexity index is 1630. The molecule has 1 aromatic heterocycles. The third-order valence-corrected chi connectivity index (χ3v) is 8.88. The van der Waals surface area contributed by atoms with Gasteiger partial charge in [0.25, 0.3) is 11.8 Å². The molecule has 0 radical (unpaired) electrons. The maximum absolute atomic E-state index is 13.5. The van der Waals surface area contributed by atoms with Crippen LogP contribution in [0.5, 0.6) is 0 Å². The number of hydrogen-bond acceptors (Lipinski definition) is 6. The first-order valence-corrected chi connectivity index (χ1v) is 15.8. The van der Waals surface area contributed by atoms with Gasteiger partial charge in [0, 0.05) is 66.2 Å². The van der Waals surface area contributed by atoms with Crippen molar-refractivity contribution in [3.8, 4) is 0 Å². The minimum Gasteiger partial charge on any atom is -0.354 e. The van der Waals surface area contributed by atoms with E-state index in [1.165, 1.54) is 5.56 Å². The van der Waals surface area contributed by atoms with E-state index in [9.17, 15) is 9.59 Å². The van der Waals surface area contributed by atoms with Crippen LogP contribution in [0, 0.1) is 0 Å². The second kappa shape index (κ2) is 13.0. The van der Waals surface area contributed by atoms with Gasteiger partial charge < -0.3 is 20.9 Å². The fourth-order valence-corrected chi connectivity index (χ4v) is 6.39. The molecule has 7 nitrogen and oxygen atoms in total. The highest BCUT2D eigenvalue weighted by Gasteiger charge is 2.30. The van der Waals surface area contributed by atoms with Crippen LogP contribution >= 0.6 is 11.3 Å². The van der Waals surface area contributed by atoms with Gasteiger partial charge in [0.15, 0.2) is 0 Å². The summed E-state index contributed by atoms with van der Waals surface area (Å²) in [5.74, 6) is -0.357. The summed E-state index contributed by atoms with van der Waals surface area (Å²) in [4.78, 5) is 31.8. The second-order valence-electron chi connectivity index (χ2n) is 11.2. The van der Waals surface area contributed by atoms with Gasteiger partial charge in [0.05, 0.1) is 17.3 Å². The summed E-state index contributed by atoms with van der Waals surface area (Å²) in [7, 11) is 2.17. The van der Waals surface area contributed by atoms with E-state index in [1.807, 2.05) is 65.4 Å². The summed E-state index contributed by atoms with van der Waals surface area (Å²) in [6.45, 7) is 7.20. The van der Waals surface area contributed by atoms with Gasteiger partial charge in [0.2, 0.25) is 0 Å². The molecular weight excluding hydrogens is 554 g/mol. The molecule has 43 heavy (non-hydrogen) atoms. The number of fused-ring (bicyclic) bond motifs is 1. The molecule has 2 aliphatic heterocycles. The first kappa shape index (κ1) is 28.9. The van der Waals surface area contributed by atoms with Gasteiger partial charge in [0.1, 0.15) is 0 Å². The molecule has 6 rings (SSSR count). The van der Waals surface area contributed by atoms with Crippen molar-refractivity contribution in [2.45, 2.75) is 25.9 Å². The van der Waals surface area contributed by atoms with Crippen molar-refractivity contribution >= 4 is 45.8 Å². The molecule has 220 valence electrons. The summed E-state index contributed by atoms with van der Waals surface area (Å²) < 4.78 is 0. The van der Waals surface area contributed by atoms with Gasteiger partial charge >= 0.3 is 0 Å². The lowest BCUT2D eigenvalue weighted by Gasteiger charge is -2.32. The second-order valence-corrected chi connectivity index (χ2v) is 12.0. The van der Waals surface area contributed by atoms with Gasteiger partial charge in [-0.25, -0.2) is 0 Å². The number of nitrogens with one attached hydrogen (secondary N) is 3. The molecule has 3 aromatic carbocycles. The highest BCUT2D eigenvalue weighted by atomic mass is 32.1. The monoisotopic (exact) mass is 591 g/mol. The summed E-state index contributed by atoms with van der Waals surface area (Å²) in [6, 6.07) is 25.7. The molecule has 1 saturated heterocycles. The summed E-state index contributed by atoms with van der Waals surface area (Å²) >= 11 is 1.58. The van der Waals surface area contributed by atoms with Crippen molar-refractivity contribution in [3.05, 3.63) is 117 Å². The van der Waals surface area contributed by atoms with E-state index in [0.29, 0.717) is 22.4 Å². The Morgan fingerprint density at radius 3 is 2.51 bits per heavy atom. The smallest absolute Gasteiger partial charge is 0.258 e. The topological polar surface area (TPSA) is 76.7 Å². The predicted octanol–water partition coefficient (Wildman–Crippen LogP) is 6.31. The Kier molecular flexibility index (Phi) is 8.69. The average Bonchev–Trinajstić information content (AvgIpc) is 3.68. The Hall–Kier alpha value is -4.24. The summed E-state index contributed by atoms with van der Waals surface area (Å²) in [5.41, 5.74) is 7.32. The maximum Gasteiger partial charge on any atom is 0.258 e. The number of piperazine rings is 1. The number of amides is 2. The van der Waals surface area contributed by atoms with E-state index >= 15 is 0 Å². The van der Waals surface area contributed by atoms with Gasteiger partial charge in [-0.15, -0.1) is 0 Å². The zero-order valence-corrected chi connectivity index (χ0v) is 25.4. The molecule has 2 aliphatic rings. The number of likely N-dealkylation sites (N-methyl/N-ethyl adjacent to an activating group) is 1. The molecule has 0 saturated carbocycles. The SMILES string of the molecule is CC[C@@H](NC(=O)c1ccc2c(c1)C(=C(Nc1cccc(CN3CCN(C)CC3)c1)c1ccsc1)C(=O)N2)c1ccccc1. The number of carbonyl (C=O) groups is 2. The van der Waals surface area contributed by atoms with Gasteiger partial charge in [-0.3, -0.25) is 14.5 Å². The molecule has 0 aliphatic carbocycles. The number of nitrogens with zero attached hydrogens (tertiary/aromatic N) is 2. The van der Waals surface area contributed by atoms with E-state index in [2.05, 4.69) is 57.9 Å². The standard InChI is InChI=1S/C35H37N5O2S/c1-3-30(25-9-5-4-6-10-25)37-34(41)26-12-13-31-29(21-26)32(35(42)38-31)33(27-14-19-43-23-27)36-28-11-7-8-24(20-28)22-40-17-15-39(2)16-18-40/h4-14,19-21,23,30,36H,3,15-18,22H2,1-2H3,(H,37,41)(H,38,42)/t30-/m1/s1. The largest absolute Gasteiger partial charge is 0.354 e. The normalized spacial score (nSPS) is 17.2.